The zero-order valence-corrected chi connectivity index (χ0v) is 13.1. The van der Waals surface area contributed by atoms with Crippen molar-refractivity contribution in [2.24, 2.45) is 0 Å². The van der Waals surface area contributed by atoms with Gasteiger partial charge >= 0.3 is 0 Å². The van der Waals surface area contributed by atoms with Crippen LogP contribution in [0.15, 0.2) is 24.3 Å². The molecular weight excluding hydrogens is 258 g/mol. The second-order valence-electron chi connectivity index (χ2n) is 5.75. The Morgan fingerprint density at radius 1 is 1.10 bits per heavy atom. The highest BCUT2D eigenvalue weighted by Crippen LogP contribution is 2.33. The van der Waals surface area contributed by atoms with Gasteiger partial charge in [0.25, 0.3) is 0 Å². The number of benzene rings is 1. The highest BCUT2D eigenvalue weighted by Gasteiger charge is 2.25. The van der Waals surface area contributed by atoms with Gasteiger partial charge < -0.3 is 5.32 Å². The van der Waals surface area contributed by atoms with Gasteiger partial charge in [-0.15, -0.1) is 0 Å². The maximum absolute atomic E-state index is 4.84. The van der Waals surface area contributed by atoms with Crippen molar-refractivity contribution in [3.05, 3.63) is 52.5 Å². The third kappa shape index (κ3) is 2.65. The lowest BCUT2D eigenvalue weighted by atomic mass is 10.0. The van der Waals surface area contributed by atoms with E-state index in [9.17, 15) is 0 Å². The summed E-state index contributed by atoms with van der Waals surface area (Å²) in [5.41, 5.74) is 5.27. The molecule has 0 radical (unpaired) electrons. The van der Waals surface area contributed by atoms with Gasteiger partial charge in [-0.1, -0.05) is 31.2 Å². The van der Waals surface area contributed by atoms with Crippen LogP contribution in [0.5, 0.6) is 0 Å². The minimum absolute atomic E-state index is 0.421. The molecule has 0 saturated carbocycles. The first-order valence-corrected chi connectivity index (χ1v) is 7.91. The first-order valence-electron chi connectivity index (χ1n) is 7.91. The van der Waals surface area contributed by atoms with Gasteiger partial charge in [-0.05, 0) is 44.2 Å². The molecule has 0 atom stereocenters. The van der Waals surface area contributed by atoms with Gasteiger partial charge in [-0.25, -0.2) is 9.97 Å². The van der Waals surface area contributed by atoms with Gasteiger partial charge in [0, 0.05) is 23.7 Å². The highest BCUT2D eigenvalue weighted by molar-refractivity contribution is 5.47. The maximum Gasteiger partial charge on any atom is 0.134 e. The largest absolute Gasteiger partial charge is 0.370 e. The zero-order chi connectivity index (χ0) is 14.8. The molecule has 3 heteroatoms. The predicted octanol–water partition coefficient (Wildman–Crippen LogP) is 3.66. The molecule has 110 valence electrons. The topological polar surface area (TPSA) is 37.8 Å². The normalized spacial score (nSPS) is 14.2. The molecule has 0 fully saturated rings. The molecule has 2 aromatic rings. The molecule has 1 N–H and O–H groups in total. The molecule has 1 heterocycles. The molecule has 0 unspecified atom stereocenters. The Balaban J connectivity index is 1.94. The number of anilines is 1. The fourth-order valence-corrected chi connectivity index (χ4v) is 3.28. The Kier molecular flexibility index (Phi) is 3.91. The van der Waals surface area contributed by atoms with Gasteiger partial charge in [0.15, 0.2) is 0 Å². The Bertz CT molecular complexity index is 624. The molecule has 0 saturated heterocycles. The Morgan fingerprint density at radius 3 is 2.33 bits per heavy atom. The minimum atomic E-state index is 0.421. The standard InChI is InChI=1S/C18H23N3/c1-4-16-12(3)20-17(21-18(16)19-5-2)15-10-13-8-6-7-9-14(13)11-15/h6-9,15H,4-5,10-11H2,1-3H3,(H,19,20,21). The predicted molar refractivity (Wildman–Crippen MR) is 86.9 cm³/mol. The Labute approximate surface area is 126 Å². The van der Waals surface area contributed by atoms with Gasteiger partial charge in [-0.3, -0.25) is 0 Å². The number of hydrogen-bond donors (Lipinski definition) is 1. The van der Waals surface area contributed by atoms with E-state index in [2.05, 4.69) is 50.4 Å². The van der Waals surface area contributed by atoms with Crippen LogP contribution in [0.4, 0.5) is 5.82 Å². The number of nitrogens with one attached hydrogen (secondary N) is 1. The van der Waals surface area contributed by atoms with E-state index in [1.54, 1.807) is 0 Å². The van der Waals surface area contributed by atoms with E-state index in [4.69, 9.17) is 9.97 Å². The van der Waals surface area contributed by atoms with Crippen LogP contribution in [0.25, 0.3) is 0 Å². The van der Waals surface area contributed by atoms with Crippen molar-refractivity contribution in [3.8, 4) is 0 Å². The van der Waals surface area contributed by atoms with Crippen LogP contribution in [-0.4, -0.2) is 16.5 Å². The molecule has 0 bridgehead atoms. The molecule has 0 spiro atoms. The maximum atomic E-state index is 4.84. The molecule has 1 aliphatic rings. The number of fused-ring (bicyclic) bond motifs is 1. The summed E-state index contributed by atoms with van der Waals surface area (Å²) in [6.45, 7) is 7.28. The van der Waals surface area contributed by atoms with E-state index in [1.165, 1.54) is 16.7 Å². The highest BCUT2D eigenvalue weighted by atomic mass is 15.0. The zero-order valence-electron chi connectivity index (χ0n) is 13.1. The lowest BCUT2D eigenvalue weighted by Gasteiger charge is -2.15. The van der Waals surface area contributed by atoms with E-state index in [-0.39, 0.29) is 0 Å². The molecule has 1 aromatic heterocycles. The number of hydrogen-bond acceptors (Lipinski definition) is 3. The van der Waals surface area contributed by atoms with Gasteiger partial charge in [0.05, 0.1) is 0 Å². The molecule has 1 aromatic carbocycles. The van der Waals surface area contributed by atoms with Crippen molar-refractivity contribution in [2.75, 3.05) is 11.9 Å². The van der Waals surface area contributed by atoms with Crippen molar-refractivity contribution in [1.29, 1.82) is 0 Å². The third-order valence-electron chi connectivity index (χ3n) is 4.35. The first-order chi connectivity index (χ1) is 10.2. The summed E-state index contributed by atoms with van der Waals surface area (Å²) in [4.78, 5) is 9.64. The van der Waals surface area contributed by atoms with Crippen LogP contribution < -0.4 is 5.32 Å². The van der Waals surface area contributed by atoms with Gasteiger partial charge in [-0.2, -0.15) is 0 Å². The number of aromatic nitrogens is 2. The quantitative estimate of drug-likeness (QED) is 0.929. The van der Waals surface area contributed by atoms with E-state index in [1.807, 2.05) is 0 Å². The lowest BCUT2D eigenvalue weighted by Crippen LogP contribution is -2.12. The van der Waals surface area contributed by atoms with Crippen LogP contribution >= 0.6 is 0 Å². The monoisotopic (exact) mass is 281 g/mol. The average molecular weight is 281 g/mol. The second kappa shape index (κ2) is 5.84. The fourth-order valence-electron chi connectivity index (χ4n) is 3.28. The summed E-state index contributed by atoms with van der Waals surface area (Å²) in [7, 11) is 0. The van der Waals surface area contributed by atoms with Crippen molar-refractivity contribution >= 4 is 5.82 Å². The first kappa shape index (κ1) is 14.1. The number of rotatable bonds is 4. The SMILES string of the molecule is CCNc1nc(C2Cc3ccccc3C2)nc(C)c1CC. The molecule has 3 nitrogen and oxygen atoms in total. The van der Waals surface area contributed by atoms with Crippen LogP contribution in [0.2, 0.25) is 0 Å². The lowest BCUT2D eigenvalue weighted by molar-refractivity contribution is 0.675. The second-order valence-corrected chi connectivity index (χ2v) is 5.75. The van der Waals surface area contributed by atoms with Crippen molar-refractivity contribution in [1.82, 2.24) is 9.97 Å². The molecule has 0 aliphatic heterocycles. The molecular formula is C18H23N3. The minimum Gasteiger partial charge on any atom is -0.370 e. The van der Waals surface area contributed by atoms with Crippen molar-refractivity contribution < 1.29 is 0 Å². The van der Waals surface area contributed by atoms with Gasteiger partial charge in [0.1, 0.15) is 11.6 Å². The van der Waals surface area contributed by atoms with Crippen LogP contribution in [0.1, 0.15) is 48.0 Å². The van der Waals surface area contributed by atoms with E-state index in [0.717, 1.165) is 43.1 Å². The van der Waals surface area contributed by atoms with E-state index in [0.29, 0.717) is 5.92 Å². The van der Waals surface area contributed by atoms with Crippen LogP contribution in [-0.2, 0) is 19.3 Å². The number of nitrogens with zero attached hydrogens (tertiary/aromatic N) is 2. The summed E-state index contributed by atoms with van der Waals surface area (Å²) < 4.78 is 0. The fraction of sp³-hybridized carbons (Fsp3) is 0.444. The Hall–Kier alpha value is -1.90. The molecule has 0 amide bonds. The smallest absolute Gasteiger partial charge is 0.134 e. The Morgan fingerprint density at radius 2 is 1.76 bits per heavy atom. The van der Waals surface area contributed by atoms with Crippen LogP contribution in [0.3, 0.4) is 0 Å². The summed E-state index contributed by atoms with van der Waals surface area (Å²) >= 11 is 0. The number of aryl methyl sites for hydroxylation is 1. The summed E-state index contributed by atoms with van der Waals surface area (Å²) in [5.74, 6) is 2.44. The van der Waals surface area contributed by atoms with Gasteiger partial charge in [0.2, 0.25) is 0 Å². The van der Waals surface area contributed by atoms with E-state index >= 15 is 0 Å². The third-order valence-corrected chi connectivity index (χ3v) is 4.35. The van der Waals surface area contributed by atoms with Crippen molar-refractivity contribution in [3.63, 3.8) is 0 Å². The summed E-state index contributed by atoms with van der Waals surface area (Å²) in [6, 6.07) is 8.71. The average Bonchev–Trinajstić information content (AvgIpc) is 2.91. The summed E-state index contributed by atoms with van der Waals surface area (Å²) in [5, 5.41) is 3.40. The molecule has 21 heavy (non-hydrogen) atoms. The molecule has 3 rings (SSSR count). The van der Waals surface area contributed by atoms with E-state index < -0.39 is 0 Å². The van der Waals surface area contributed by atoms with Crippen LogP contribution in [0, 0.1) is 6.92 Å². The summed E-state index contributed by atoms with van der Waals surface area (Å²) in [6.07, 6.45) is 3.10. The molecule has 1 aliphatic carbocycles. The van der Waals surface area contributed by atoms with Crippen molar-refractivity contribution in [2.45, 2.75) is 46.0 Å².